The highest BCUT2D eigenvalue weighted by Gasteiger charge is 2.40. The third-order valence-corrected chi connectivity index (χ3v) is 2.69. The maximum Gasteiger partial charge on any atom is 0.302 e. The van der Waals surface area contributed by atoms with Crippen molar-refractivity contribution >= 4 is 17.8 Å². The van der Waals surface area contributed by atoms with E-state index >= 15 is 0 Å². The van der Waals surface area contributed by atoms with Gasteiger partial charge in [-0.15, -0.1) is 0 Å². The molecule has 4 atom stereocenters. The van der Waals surface area contributed by atoms with E-state index in [0.717, 1.165) is 0 Å². The summed E-state index contributed by atoms with van der Waals surface area (Å²) in [6.45, 7) is 3.70. The maximum absolute atomic E-state index is 11.1. The number of carbonyl (C=O) groups is 3. The van der Waals surface area contributed by atoms with Gasteiger partial charge in [-0.05, 0) is 0 Å². The van der Waals surface area contributed by atoms with Crippen molar-refractivity contribution in [2.45, 2.75) is 51.7 Å². The van der Waals surface area contributed by atoms with Crippen LogP contribution >= 0.6 is 0 Å². The summed E-state index contributed by atoms with van der Waals surface area (Å²) < 4.78 is 15.1. The molecule has 114 valence electrons. The number of esters is 2. The number of ether oxygens (including phenoxy) is 3. The Labute approximate surface area is 116 Å². The zero-order valence-corrected chi connectivity index (χ0v) is 11.6. The molecule has 0 aromatic carbocycles. The molecule has 0 radical (unpaired) electrons. The lowest BCUT2D eigenvalue weighted by molar-refractivity contribution is -0.224. The van der Waals surface area contributed by atoms with Crippen molar-refractivity contribution in [3.63, 3.8) is 0 Å². The van der Waals surface area contributed by atoms with Gasteiger partial charge in [-0.1, -0.05) is 0 Å². The summed E-state index contributed by atoms with van der Waals surface area (Å²) in [7, 11) is 0. The summed E-state index contributed by atoms with van der Waals surface area (Å²) >= 11 is 0. The first kappa shape index (κ1) is 16.4. The molecular formula is C12H19NO7. The third-order valence-electron chi connectivity index (χ3n) is 2.69. The molecule has 1 fully saturated rings. The van der Waals surface area contributed by atoms with Gasteiger partial charge in [-0.3, -0.25) is 14.4 Å². The average Bonchev–Trinajstić information content (AvgIpc) is 2.29. The standard InChI is InChI=1S/C12H19NO7/c1-6(14)13-11-10(19-8(3)16)4-9(20-12(11)17)5-18-7(2)15/h9-12,17H,4-5H2,1-3H3,(H,13,14)/t9-,10-,11+,12?/m0/s1. The molecule has 8 nitrogen and oxygen atoms in total. The van der Waals surface area contributed by atoms with Gasteiger partial charge in [0.2, 0.25) is 5.91 Å². The number of amides is 1. The summed E-state index contributed by atoms with van der Waals surface area (Å²) in [6.07, 6.45) is -2.50. The normalized spacial score (nSPS) is 29.4. The van der Waals surface area contributed by atoms with Crippen LogP contribution < -0.4 is 5.32 Å². The summed E-state index contributed by atoms with van der Waals surface area (Å²) in [6, 6.07) is -0.857. The number of aliphatic hydroxyl groups excluding tert-OH is 1. The van der Waals surface area contributed by atoms with Crippen LogP contribution in [0.3, 0.4) is 0 Å². The van der Waals surface area contributed by atoms with E-state index in [2.05, 4.69) is 5.32 Å². The first-order valence-corrected chi connectivity index (χ1v) is 6.20. The molecule has 1 aliphatic heterocycles. The van der Waals surface area contributed by atoms with Gasteiger partial charge >= 0.3 is 11.9 Å². The van der Waals surface area contributed by atoms with Gasteiger partial charge in [0.1, 0.15) is 18.8 Å². The minimum atomic E-state index is -1.35. The summed E-state index contributed by atoms with van der Waals surface area (Å²) in [4.78, 5) is 32.9. The molecule has 0 spiro atoms. The lowest BCUT2D eigenvalue weighted by Gasteiger charge is -2.38. The predicted molar refractivity (Wildman–Crippen MR) is 65.3 cm³/mol. The van der Waals surface area contributed by atoms with Crippen molar-refractivity contribution in [1.29, 1.82) is 0 Å². The van der Waals surface area contributed by atoms with Crippen LogP contribution in [0.15, 0.2) is 0 Å². The average molecular weight is 289 g/mol. The van der Waals surface area contributed by atoms with E-state index < -0.39 is 36.5 Å². The Kier molecular flexibility index (Phi) is 5.90. The molecule has 1 rings (SSSR count). The third kappa shape index (κ3) is 5.14. The van der Waals surface area contributed by atoms with Crippen molar-refractivity contribution in [2.24, 2.45) is 0 Å². The first-order valence-electron chi connectivity index (χ1n) is 6.20. The first-order chi connectivity index (χ1) is 9.29. The molecule has 20 heavy (non-hydrogen) atoms. The zero-order chi connectivity index (χ0) is 15.3. The van der Waals surface area contributed by atoms with Crippen LogP contribution in [0.5, 0.6) is 0 Å². The Morgan fingerprint density at radius 1 is 1.25 bits per heavy atom. The summed E-state index contributed by atoms with van der Waals surface area (Å²) in [5.74, 6) is -1.39. The van der Waals surface area contributed by atoms with Crippen molar-refractivity contribution in [3.8, 4) is 0 Å². The fourth-order valence-electron chi connectivity index (χ4n) is 1.98. The monoisotopic (exact) mass is 289 g/mol. The number of carbonyl (C=O) groups excluding carboxylic acids is 3. The molecule has 0 saturated carbocycles. The van der Waals surface area contributed by atoms with Crippen LogP contribution in [-0.4, -0.2) is 54.1 Å². The van der Waals surface area contributed by atoms with Crippen molar-refractivity contribution in [3.05, 3.63) is 0 Å². The molecule has 0 aliphatic carbocycles. The van der Waals surface area contributed by atoms with E-state index in [1.807, 2.05) is 0 Å². The Morgan fingerprint density at radius 3 is 2.40 bits per heavy atom. The smallest absolute Gasteiger partial charge is 0.302 e. The minimum absolute atomic E-state index is 0.0586. The second-order valence-electron chi connectivity index (χ2n) is 4.56. The highest BCUT2D eigenvalue weighted by Crippen LogP contribution is 2.22. The van der Waals surface area contributed by atoms with Crippen LogP contribution in [0.2, 0.25) is 0 Å². The van der Waals surface area contributed by atoms with Crippen molar-refractivity contribution < 1.29 is 33.7 Å². The molecule has 1 amide bonds. The Balaban J connectivity index is 2.71. The number of rotatable bonds is 4. The van der Waals surface area contributed by atoms with E-state index in [1.54, 1.807) is 0 Å². The molecule has 2 N–H and O–H groups in total. The van der Waals surface area contributed by atoms with E-state index in [4.69, 9.17) is 14.2 Å². The quantitative estimate of drug-likeness (QED) is 0.645. The second-order valence-corrected chi connectivity index (χ2v) is 4.56. The number of hydrogen-bond acceptors (Lipinski definition) is 7. The fraction of sp³-hybridized carbons (Fsp3) is 0.750. The second kappa shape index (κ2) is 7.20. The predicted octanol–water partition coefficient (Wildman–Crippen LogP) is -0.907. The van der Waals surface area contributed by atoms with Crippen LogP contribution in [0, 0.1) is 0 Å². The summed E-state index contributed by atoms with van der Waals surface area (Å²) in [5, 5.41) is 12.3. The molecule has 0 aromatic rings. The van der Waals surface area contributed by atoms with Gasteiger partial charge in [0.05, 0.1) is 6.10 Å². The van der Waals surface area contributed by atoms with Crippen LogP contribution in [-0.2, 0) is 28.6 Å². The molecule has 8 heteroatoms. The summed E-state index contributed by atoms with van der Waals surface area (Å²) in [5.41, 5.74) is 0. The molecule has 1 heterocycles. The Hall–Kier alpha value is -1.67. The Morgan fingerprint density at radius 2 is 1.90 bits per heavy atom. The highest BCUT2D eigenvalue weighted by molar-refractivity contribution is 5.73. The minimum Gasteiger partial charge on any atom is -0.463 e. The van der Waals surface area contributed by atoms with E-state index in [9.17, 15) is 19.5 Å². The lowest BCUT2D eigenvalue weighted by Crippen LogP contribution is -2.58. The number of hydrogen-bond donors (Lipinski definition) is 2. The van der Waals surface area contributed by atoms with Crippen LogP contribution in [0.25, 0.3) is 0 Å². The molecule has 0 aromatic heterocycles. The largest absolute Gasteiger partial charge is 0.463 e. The number of nitrogens with one attached hydrogen (secondary N) is 1. The highest BCUT2D eigenvalue weighted by atomic mass is 16.6. The van der Waals surface area contributed by atoms with E-state index in [-0.39, 0.29) is 18.9 Å². The van der Waals surface area contributed by atoms with E-state index in [1.165, 1.54) is 20.8 Å². The van der Waals surface area contributed by atoms with Gasteiger partial charge < -0.3 is 24.6 Å². The fourth-order valence-corrected chi connectivity index (χ4v) is 1.98. The van der Waals surface area contributed by atoms with Crippen LogP contribution in [0.1, 0.15) is 27.2 Å². The maximum atomic E-state index is 11.1. The van der Waals surface area contributed by atoms with Gasteiger partial charge in [0, 0.05) is 27.2 Å². The van der Waals surface area contributed by atoms with Gasteiger partial charge in [0.25, 0.3) is 0 Å². The van der Waals surface area contributed by atoms with Gasteiger partial charge in [-0.2, -0.15) is 0 Å². The molecule has 1 unspecified atom stereocenters. The molecule has 1 saturated heterocycles. The van der Waals surface area contributed by atoms with Crippen LogP contribution in [0.4, 0.5) is 0 Å². The molecular weight excluding hydrogens is 270 g/mol. The lowest BCUT2D eigenvalue weighted by atomic mass is 10.00. The molecule has 0 bridgehead atoms. The topological polar surface area (TPSA) is 111 Å². The molecule has 1 aliphatic rings. The van der Waals surface area contributed by atoms with Gasteiger partial charge in [0.15, 0.2) is 6.29 Å². The van der Waals surface area contributed by atoms with E-state index in [0.29, 0.717) is 0 Å². The SMILES string of the molecule is CC(=O)N[C@H]1C(O)O[C@H](COC(C)=O)C[C@@H]1OC(C)=O. The number of aliphatic hydroxyl groups is 1. The Bertz CT molecular complexity index is 384. The van der Waals surface area contributed by atoms with Crippen molar-refractivity contribution in [2.75, 3.05) is 6.61 Å². The zero-order valence-electron chi connectivity index (χ0n) is 11.6. The van der Waals surface area contributed by atoms with Gasteiger partial charge in [-0.25, -0.2) is 0 Å². The van der Waals surface area contributed by atoms with Crippen molar-refractivity contribution in [1.82, 2.24) is 5.32 Å².